The third-order valence-corrected chi connectivity index (χ3v) is 7.79. The second kappa shape index (κ2) is 5.94. The van der Waals surface area contributed by atoms with Crippen LogP contribution in [0.5, 0.6) is 5.75 Å². The van der Waals surface area contributed by atoms with Crippen LogP contribution in [0.3, 0.4) is 0 Å². The SMILES string of the molecule is COc1ccc(S(=O)(=O)[C@H]2O[C@@]3(C)CC[C@H]4CCCC[C@]42OO3)cc1. The molecule has 1 spiro atoms. The summed E-state index contributed by atoms with van der Waals surface area (Å²) in [6.07, 6.45) is 5.06. The van der Waals surface area contributed by atoms with E-state index in [1.807, 2.05) is 0 Å². The van der Waals surface area contributed by atoms with Gasteiger partial charge in [0.1, 0.15) is 11.4 Å². The average Bonchev–Trinajstić information content (AvgIpc) is 2.86. The van der Waals surface area contributed by atoms with Crippen LogP contribution in [0.25, 0.3) is 0 Å². The van der Waals surface area contributed by atoms with Crippen LogP contribution in [0, 0.1) is 5.92 Å². The maximum absolute atomic E-state index is 13.4. The maximum atomic E-state index is 13.4. The lowest BCUT2D eigenvalue weighted by Gasteiger charge is -2.49. The molecule has 0 aromatic heterocycles. The van der Waals surface area contributed by atoms with Gasteiger partial charge >= 0.3 is 0 Å². The fourth-order valence-electron chi connectivity index (χ4n) is 4.35. The quantitative estimate of drug-likeness (QED) is 0.763. The molecule has 7 heteroatoms. The molecule has 3 aliphatic heterocycles. The Hall–Kier alpha value is -1.15. The van der Waals surface area contributed by atoms with E-state index in [0.717, 1.165) is 25.7 Å². The third kappa shape index (κ3) is 2.68. The van der Waals surface area contributed by atoms with Crippen molar-refractivity contribution in [3.8, 4) is 5.75 Å². The molecule has 1 aliphatic carbocycles. The van der Waals surface area contributed by atoms with Gasteiger partial charge < -0.3 is 9.47 Å². The van der Waals surface area contributed by atoms with Crippen molar-refractivity contribution >= 4 is 9.84 Å². The Bertz CT molecular complexity index is 741. The molecule has 4 atom stereocenters. The van der Waals surface area contributed by atoms with Crippen LogP contribution in [0.4, 0.5) is 0 Å². The zero-order valence-electron chi connectivity index (χ0n) is 14.6. The monoisotopic (exact) mass is 368 g/mol. The highest BCUT2D eigenvalue weighted by Gasteiger charge is 2.63. The normalized spacial score (nSPS) is 38.0. The number of hydrogen-bond donors (Lipinski definition) is 0. The predicted molar refractivity (Wildman–Crippen MR) is 89.6 cm³/mol. The lowest BCUT2D eigenvalue weighted by molar-refractivity contribution is -0.514. The van der Waals surface area contributed by atoms with Gasteiger partial charge in [-0.1, -0.05) is 12.8 Å². The van der Waals surface area contributed by atoms with Crippen molar-refractivity contribution in [2.45, 2.75) is 67.2 Å². The Morgan fingerprint density at radius 2 is 1.84 bits per heavy atom. The Kier molecular flexibility index (Phi) is 4.11. The van der Waals surface area contributed by atoms with E-state index in [1.165, 1.54) is 0 Å². The van der Waals surface area contributed by atoms with E-state index < -0.39 is 26.7 Å². The molecule has 1 saturated carbocycles. The number of ether oxygens (including phenoxy) is 2. The van der Waals surface area contributed by atoms with Crippen LogP contribution < -0.4 is 4.74 Å². The van der Waals surface area contributed by atoms with Gasteiger partial charge in [0.15, 0.2) is 11.2 Å². The van der Waals surface area contributed by atoms with Gasteiger partial charge in [-0.15, -0.1) is 0 Å². The molecule has 1 aromatic carbocycles. The van der Waals surface area contributed by atoms with Crippen LogP contribution in [0.1, 0.15) is 45.4 Å². The number of benzene rings is 1. The summed E-state index contributed by atoms with van der Waals surface area (Å²) in [6.45, 7) is 1.76. The Morgan fingerprint density at radius 1 is 1.08 bits per heavy atom. The zero-order chi connectivity index (χ0) is 17.7. The largest absolute Gasteiger partial charge is 0.497 e. The average molecular weight is 368 g/mol. The number of hydrogen-bond acceptors (Lipinski definition) is 6. The van der Waals surface area contributed by atoms with Crippen molar-refractivity contribution in [1.82, 2.24) is 0 Å². The first-order valence-electron chi connectivity index (χ1n) is 8.82. The third-order valence-electron chi connectivity index (χ3n) is 5.81. The maximum Gasteiger partial charge on any atom is 0.208 e. The molecule has 0 unspecified atom stereocenters. The fraction of sp³-hybridized carbons (Fsp3) is 0.667. The first-order chi connectivity index (χ1) is 11.9. The van der Waals surface area contributed by atoms with E-state index >= 15 is 0 Å². The van der Waals surface area contributed by atoms with Crippen LogP contribution >= 0.6 is 0 Å². The summed E-state index contributed by atoms with van der Waals surface area (Å²) in [4.78, 5) is 11.6. The molecule has 5 rings (SSSR count). The summed E-state index contributed by atoms with van der Waals surface area (Å²) in [5, 5.41) is 0. The van der Waals surface area contributed by atoms with E-state index in [2.05, 4.69) is 0 Å². The Balaban J connectivity index is 1.78. The van der Waals surface area contributed by atoms with Crippen LogP contribution in [-0.2, 0) is 24.3 Å². The summed E-state index contributed by atoms with van der Waals surface area (Å²) >= 11 is 0. The van der Waals surface area contributed by atoms with Crippen LogP contribution in [0.2, 0.25) is 0 Å². The summed E-state index contributed by atoms with van der Waals surface area (Å²) in [5.41, 5.74) is -1.98. The highest BCUT2D eigenvalue weighted by Crippen LogP contribution is 2.53. The Morgan fingerprint density at radius 3 is 2.56 bits per heavy atom. The van der Waals surface area contributed by atoms with Crippen molar-refractivity contribution < 1.29 is 27.7 Å². The smallest absolute Gasteiger partial charge is 0.208 e. The van der Waals surface area contributed by atoms with E-state index in [4.69, 9.17) is 19.2 Å². The first kappa shape index (κ1) is 17.3. The van der Waals surface area contributed by atoms with Crippen LogP contribution in [-0.4, -0.2) is 32.4 Å². The molecule has 1 aromatic rings. The van der Waals surface area contributed by atoms with Gasteiger partial charge in [0.2, 0.25) is 9.84 Å². The highest BCUT2D eigenvalue weighted by molar-refractivity contribution is 7.92. The fourth-order valence-corrected chi connectivity index (χ4v) is 6.32. The minimum Gasteiger partial charge on any atom is -0.497 e. The molecule has 4 fully saturated rings. The molecule has 4 aliphatic rings. The minimum atomic E-state index is -3.74. The van der Waals surface area contributed by atoms with E-state index in [9.17, 15) is 8.42 Å². The standard InChI is InChI=1S/C18H24O6S/c1-17-12-10-13-5-3-4-11-18(13,24-23-17)16(22-17)25(19,20)15-8-6-14(21-2)7-9-15/h6-9,13,16H,3-5,10-12H2,1-2H3/t13-,16-,17-,18+/m1/s1. The van der Waals surface area contributed by atoms with E-state index in [1.54, 1.807) is 38.3 Å². The van der Waals surface area contributed by atoms with E-state index in [-0.39, 0.29) is 10.8 Å². The van der Waals surface area contributed by atoms with Crippen molar-refractivity contribution in [2.75, 3.05) is 7.11 Å². The van der Waals surface area contributed by atoms with Gasteiger partial charge in [-0.3, -0.25) is 0 Å². The van der Waals surface area contributed by atoms with Crippen LogP contribution in [0.15, 0.2) is 29.2 Å². The van der Waals surface area contributed by atoms with Crippen molar-refractivity contribution in [3.05, 3.63) is 24.3 Å². The predicted octanol–water partition coefficient (Wildman–Crippen LogP) is 3.21. The lowest BCUT2D eigenvalue weighted by atomic mass is 9.74. The van der Waals surface area contributed by atoms with Crippen molar-refractivity contribution in [1.29, 1.82) is 0 Å². The molecule has 138 valence electrons. The van der Waals surface area contributed by atoms with E-state index in [0.29, 0.717) is 18.6 Å². The summed E-state index contributed by atoms with van der Waals surface area (Å²) in [7, 11) is -2.19. The molecular weight excluding hydrogens is 344 g/mol. The molecule has 2 bridgehead atoms. The molecule has 3 heterocycles. The van der Waals surface area contributed by atoms with Gasteiger partial charge in [-0.05, 0) is 56.4 Å². The minimum absolute atomic E-state index is 0.128. The summed E-state index contributed by atoms with van der Waals surface area (Å²) in [6, 6.07) is 6.43. The lowest BCUT2D eigenvalue weighted by Crippen LogP contribution is -2.61. The molecular formula is C18H24O6S. The second-order valence-corrected chi connectivity index (χ2v) is 9.40. The molecule has 0 N–H and O–H groups in total. The number of rotatable bonds is 3. The zero-order valence-corrected chi connectivity index (χ0v) is 15.4. The topological polar surface area (TPSA) is 71.1 Å². The highest BCUT2D eigenvalue weighted by atomic mass is 32.2. The molecule has 0 radical (unpaired) electrons. The van der Waals surface area contributed by atoms with Gasteiger partial charge in [-0.25, -0.2) is 18.2 Å². The molecule has 3 saturated heterocycles. The molecule has 6 nitrogen and oxygen atoms in total. The van der Waals surface area contributed by atoms with Crippen molar-refractivity contribution in [3.63, 3.8) is 0 Å². The second-order valence-electron chi connectivity index (χ2n) is 7.41. The van der Waals surface area contributed by atoms with Gasteiger partial charge in [0.25, 0.3) is 0 Å². The first-order valence-corrected chi connectivity index (χ1v) is 10.4. The Labute approximate surface area is 148 Å². The molecule has 25 heavy (non-hydrogen) atoms. The van der Waals surface area contributed by atoms with Gasteiger partial charge in [-0.2, -0.15) is 0 Å². The van der Waals surface area contributed by atoms with Gasteiger partial charge in [0.05, 0.1) is 12.0 Å². The summed E-state index contributed by atoms with van der Waals surface area (Å²) in [5.74, 6) is -0.279. The van der Waals surface area contributed by atoms with Gasteiger partial charge in [0, 0.05) is 6.42 Å². The summed E-state index contributed by atoms with van der Waals surface area (Å²) < 4.78 is 38.0. The van der Waals surface area contributed by atoms with Crippen molar-refractivity contribution in [2.24, 2.45) is 5.92 Å². The number of fused-ring (bicyclic) bond motifs is 3. The number of sulfone groups is 1. The molecule has 0 amide bonds. The number of methoxy groups -OCH3 is 1.